The third-order valence-electron chi connectivity index (χ3n) is 3.71. The predicted octanol–water partition coefficient (Wildman–Crippen LogP) is 0.418. The summed E-state index contributed by atoms with van der Waals surface area (Å²) < 4.78 is 15.4. The molecule has 2 heterocycles. The second-order valence-electron chi connectivity index (χ2n) is 5.11. The third kappa shape index (κ3) is 4.59. The van der Waals surface area contributed by atoms with E-state index in [0.29, 0.717) is 45.7 Å². The molecule has 0 aromatic carbocycles. The summed E-state index contributed by atoms with van der Waals surface area (Å²) >= 11 is 0. The lowest BCUT2D eigenvalue weighted by molar-refractivity contribution is -0.0367. The van der Waals surface area contributed by atoms with E-state index in [4.69, 9.17) is 14.2 Å². The summed E-state index contributed by atoms with van der Waals surface area (Å²) in [6.07, 6.45) is 3.12. The van der Waals surface area contributed by atoms with Crippen LogP contribution >= 0.6 is 0 Å². The van der Waals surface area contributed by atoms with Crippen molar-refractivity contribution in [1.82, 2.24) is 15.3 Å². The van der Waals surface area contributed by atoms with E-state index in [-0.39, 0.29) is 6.03 Å². The van der Waals surface area contributed by atoms with Crippen molar-refractivity contribution in [2.45, 2.75) is 25.3 Å². The van der Waals surface area contributed by atoms with Crippen molar-refractivity contribution in [1.29, 1.82) is 0 Å². The van der Waals surface area contributed by atoms with E-state index in [0.717, 1.165) is 25.8 Å². The highest BCUT2D eigenvalue weighted by molar-refractivity contribution is 5.73. The molecule has 0 saturated carbocycles. The molecular weight excluding hydrogens is 262 g/mol. The second kappa shape index (κ2) is 8.41. The normalized spacial score (nSPS) is 24.1. The Morgan fingerprint density at radius 1 is 1.35 bits per heavy atom. The van der Waals surface area contributed by atoms with Crippen LogP contribution in [-0.2, 0) is 14.2 Å². The molecule has 0 aliphatic carbocycles. The number of carbonyl (C=O) groups is 1. The fourth-order valence-corrected chi connectivity index (χ4v) is 2.60. The van der Waals surface area contributed by atoms with Gasteiger partial charge in [-0.25, -0.2) is 9.80 Å². The van der Waals surface area contributed by atoms with Crippen molar-refractivity contribution in [2.24, 2.45) is 0 Å². The molecule has 1 N–H and O–H groups in total. The van der Waals surface area contributed by atoms with Gasteiger partial charge in [-0.2, -0.15) is 0 Å². The van der Waals surface area contributed by atoms with Gasteiger partial charge in [0.05, 0.1) is 19.8 Å². The van der Waals surface area contributed by atoms with Crippen LogP contribution in [0.5, 0.6) is 0 Å². The summed E-state index contributed by atoms with van der Waals surface area (Å²) in [4.78, 5) is 13.9. The molecule has 2 amide bonds. The van der Waals surface area contributed by atoms with E-state index >= 15 is 0 Å². The van der Waals surface area contributed by atoms with E-state index in [9.17, 15) is 4.79 Å². The van der Waals surface area contributed by atoms with Gasteiger partial charge < -0.3 is 19.1 Å². The van der Waals surface area contributed by atoms with E-state index < -0.39 is 0 Å². The van der Waals surface area contributed by atoms with Crippen molar-refractivity contribution in [3.63, 3.8) is 0 Å². The van der Waals surface area contributed by atoms with Gasteiger partial charge in [0.1, 0.15) is 6.79 Å². The number of methoxy groups -OCH3 is 1. The average molecular weight is 287 g/mol. The second-order valence-corrected chi connectivity index (χ2v) is 5.11. The summed E-state index contributed by atoms with van der Waals surface area (Å²) in [5.74, 6) is 0. The molecule has 0 aromatic rings. The molecule has 2 fully saturated rings. The van der Waals surface area contributed by atoms with Crippen LogP contribution in [-0.4, -0.2) is 75.3 Å². The van der Waals surface area contributed by atoms with Crippen molar-refractivity contribution in [3.05, 3.63) is 0 Å². The zero-order chi connectivity index (χ0) is 14.2. The Balaban J connectivity index is 1.71. The molecule has 2 aliphatic rings. The largest absolute Gasteiger partial charge is 0.378 e. The SMILES string of the molecule is COCOCCC1CCCN1NC(=O)N1CCOCC1. The maximum atomic E-state index is 12.1. The van der Waals surface area contributed by atoms with E-state index in [2.05, 4.69) is 5.43 Å². The zero-order valence-electron chi connectivity index (χ0n) is 12.2. The van der Waals surface area contributed by atoms with Crippen LogP contribution in [0.25, 0.3) is 0 Å². The van der Waals surface area contributed by atoms with Crippen LogP contribution in [0, 0.1) is 0 Å². The maximum Gasteiger partial charge on any atom is 0.332 e. The number of ether oxygens (including phenoxy) is 3. The molecule has 7 heteroatoms. The maximum absolute atomic E-state index is 12.1. The number of hydrogen-bond acceptors (Lipinski definition) is 5. The highest BCUT2D eigenvalue weighted by Crippen LogP contribution is 2.18. The Bertz CT molecular complexity index is 297. The van der Waals surface area contributed by atoms with Gasteiger partial charge in [-0.1, -0.05) is 0 Å². The number of amides is 2. The van der Waals surface area contributed by atoms with Gasteiger partial charge in [-0.15, -0.1) is 0 Å². The minimum Gasteiger partial charge on any atom is -0.378 e. The van der Waals surface area contributed by atoms with Gasteiger partial charge in [0.2, 0.25) is 0 Å². The van der Waals surface area contributed by atoms with Crippen LogP contribution in [0.15, 0.2) is 0 Å². The molecule has 1 atom stereocenters. The van der Waals surface area contributed by atoms with Crippen LogP contribution in [0.1, 0.15) is 19.3 Å². The molecule has 2 aliphatic heterocycles. The fourth-order valence-electron chi connectivity index (χ4n) is 2.60. The van der Waals surface area contributed by atoms with Gasteiger partial charge in [0.15, 0.2) is 0 Å². The molecule has 0 bridgehead atoms. The van der Waals surface area contributed by atoms with Crippen molar-refractivity contribution in [2.75, 3.05) is 53.4 Å². The lowest BCUT2D eigenvalue weighted by Crippen LogP contribution is -2.53. The summed E-state index contributed by atoms with van der Waals surface area (Å²) in [5.41, 5.74) is 3.02. The summed E-state index contributed by atoms with van der Waals surface area (Å²) in [5, 5.41) is 2.05. The number of carbonyl (C=O) groups excluding carboxylic acids is 1. The lowest BCUT2D eigenvalue weighted by Gasteiger charge is -2.31. The first-order valence-corrected chi connectivity index (χ1v) is 7.28. The molecule has 20 heavy (non-hydrogen) atoms. The first-order chi connectivity index (χ1) is 9.81. The van der Waals surface area contributed by atoms with E-state index in [1.54, 1.807) is 12.0 Å². The molecule has 0 spiro atoms. The highest BCUT2D eigenvalue weighted by Gasteiger charge is 2.27. The minimum atomic E-state index is -0.0157. The molecular formula is C13H25N3O4. The first kappa shape index (κ1) is 15.5. The van der Waals surface area contributed by atoms with Crippen molar-refractivity contribution < 1.29 is 19.0 Å². The minimum absolute atomic E-state index is 0.0157. The molecule has 7 nitrogen and oxygen atoms in total. The average Bonchev–Trinajstić information content (AvgIpc) is 2.92. The number of hydrazine groups is 1. The summed E-state index contributed by atoms with van der Waals surface area (Å²) in [6, 6.07) is 0.342. The van der Waals surface area contributed by atoms with Crippen molar-refractivity contribution >= 4 is 6.03 Å². The van der Waals surface area contributed by atoms with Gasteiger partial charge in [-0.3, -0.25) is 5.43 Å². The Hall–Kier alpha value is -0.890. The third-order valence-corrected chi connectivity index (χ3v) is 3.71. The monoisotopic (exact) mass is 287 g/mol. The van der Waals surface area contributed by atoms with Gasteiger partial charge >= 0.3 is 6.03 Å². The van der Waals surface area contributed by atoms with Crippen LogP contribution in [0.2, 0.25) is 0 Å². The summed E-state index contributed by atoms with van der Waals surface area (Å²) in [6.45, 7) is 4.48. The summed E-state index contributed by atoms with van der Waals surface area (Å²) in [7, 11) is 1.62. The molecule has 2 rings (SSSR count). The van der Waals surface area contributed by atoms with Crippen LogP contribution in [0.3, 0.4) is 0 Å². The fraction of sp³-hybridized carbons (Fsp3) is 0.923. The van der Waals surface area contributed by atoms with Gasteiger partial charge in [0.25, 0.3) is 0 Å². The van der Waals surface area contributed by atoms with Crippen LogP contribution < -0.4 is 5.43 Å². The Kier molecular flexibility index (Phi) is 6.52. The Labute approximate surface area is 120 Å². The number of hydrogen-bond donors (Lipinski definition) is 1. The first-order valence-electron chi connectivity index (χ1n) is 7.28. The zero-order valence-corrected chi connectivity index (χ0v) is 12.2. The number of morpholine rings is 1. The standard InChI is InChI=1S/C13H25N3O4/c1-18-11-20-8-4-12-3-2-5-16(12)14-13(17)15-6-9-19-10-7-15/h12H,2-11H2,1H3,(H,14,17). The predicted molar refractivity (Wildman–Crippen MR) is 73.1 cm³/mol. The smallest absolute Gasteiger partial charge is 0.332 e. The molecule has 116 valence electrons. The van der Waals surface area contributed by atoms with Gasteiger partial charge in [0, 0.05) is 32.8 Å². The molecule has 0 radical (unpaired) electrons. The van der Waals surface area contributed by atoms with Gasteiger partial charge in [-0.05, 0) is 19.3 Å². The van der Waals surface area contributed by atoms with E-state index in [1.807, 2.05) is 5.01 Å². The Morgan fingerprint density at radius 2 is 2.15 bits per heavy atom. The molecule has 0 aromatic heterocycles. The highest BCUT2D eigenvalue weighted by atomic mass is 16.7. The molecule has 1 unspecified atom stereocenters. The van der Waals surface area contributed by atoms with E-state index in [1.165, 1.54) is 0 Å². The van der Waals surface area contributed by atoms with Crippen LogP contribution in [0.4, 0.5) is 4.79 Å². The number of urea groups is 1. The lowest BCUT2D eigenvalue weighted by atomic mass is 10.2. The number of rotatable bonds is 6. The van der Waals surface area contributed by atoms with Crippen molar-refractivity contribution in [3.8, 4) is 0 Å². The molecule has 2 saturated heterocycles. The quantitative estimate of drug-likeness (QED) is 0.566. The number of nitrogens with zero attached hydrogens (tertiary/aromatic N) is 2. The topological polar surface area (TPSA) is 63.3 Å². The Morgan fingerprint density at radius 3 is 2.90 bits per heavy atom. The number of nitrogens with one attached hydrogen (secondary N) is 1.